The Bertz CT molecular complexity index is 944. The summed E-state index contributed by atoms with van der Waals surface area (Å²) in [5.74, 6) is 1.54. The normalized spacial score (nSPS) is 14.9. The maximum Gasteiger partial charge on any atom is 0.227 e. The van der Waals surface area contributed by atoms with Crippen LogP contribution in [0.1, 0.15) is 36.6 Å². The van der Waals surface area contributed by atoms with E-state index in [1.54, 1.807) is 0 Å². The van der Waals surface area contributed by atoms with Crippen LogP contribution in [0.25, 0.3) is 5.69 Å². The van der Waals surface area contributed by atoms with Gasteiger partial charge < -0.3 is 9.84 Å². The quantitative estimate of drug-likeness (QED) is 0.608. The summed E-state index contributed by atoms with van der Waals surface area (Å²) in [5, 5.41) is 14.8. The first-order chi connectivity index (χ1) is 14.0. The zero-order valence-corrected chi connectivity index (χ0v) is 17.4. The van der Waals surface area contributed by atoms with Gasteiger partial charge in [0.1, 0.15) is 5.75 Å². The molecule has 1 N–H and O–H groups in total. The zero-order chi connectivity index (χ0) is 20.4. The molecule has 3 aromatic rings. The van der Waals surface area contributed by atoms with Crippen molar-refractivity contribution < 1.29 is 9.84 Å². The molecule has 0 unspecified atom stereocenters. The molecule has 1 saturated carbocycles. The molecule has 0 radical (unpaired) electrons. The van der Waals surface area contributed by atoms with Crippen molar-refractivity contribution in [3.05, 3.63) is 71.4 Å². The van der Waals surface area contributed by atoms with Crippen molar-refractivity contribution in [3.63, 3.8) is 0 Å². The number of hydrogen-bond donors (Lipinski definition) is 1. The smallest absolute Gasteiger partial charge is 0.227 e. The Morgan fingerprint density at radius 1 is 1.10 bits per heavy atom. The van der Waals surface area contributed by atoms with E-state index >= 15 is 0 Å². The van der Waals surface area contributed by atoms with Crippen LogP contribution in [-0.2, 0) is 6.54 Å². The molecule has 1 heterocycles. The Morgan fingerprint density at radius 2 is 1.79 bits per heavy atom. The van der Waals surface area contributed by atoms with Crippen LogP contribution in [0.4, 0.5) is 0 Å². The highest BCUT2D eigenvalue weighted by atomic mass is 16.5. The molecule has 1 atom stereocenters. The zero-order valence-electron chi connectivity index (χ0n) is 17.4. The number of aromatic nitrogens is 2. The minimum absolute atomic E-state index is 0.360. The number of nitrogens with zero attached hydrogens (tertiary/aromatic N) is 3. The maximum absolute atomic E-state index is 9.97. The lowest BCUT2D eigenvalue weighted by Crippen LogP contribution is -2.32. The van der Waals surface area contributed by atoms with Crippen LogP contribution in [0.15, 0.2) is 54.6 Å². The van der Waals surface area contributed by atoms with Crippen LogP contribution < -0.4 is 4.74 Å². The van der Waals surface area contributed by atoms with Gasteiger partial charge in [0.25, 0.3) is 0 Å². The summed E-state index contributed by atoms with van der Waals surface area (Å²) < 4.78 is 8.28. The van der Waals surface area contributed by atoms with Crippen molar-refractivity contribution in [1.82, 2.24) is 14.7 Å². The van der Waals surface area contributed by atoms with Gasteiger partial charge in [-0.2, -0.15) is 5.10 Å². The Labute approximate surface area is 172 Å². The highest BCUT2D eigenvalue weighted by Gasteiger charge is 2.32. The molecule has 1 aliphatic rings. The third kappa shape index (κ3) is 4.69. The average molecular weight is 392 g/mol. The SMILES string of the molecule is Cc1ccc(Oc2c(CN(C[C@@H](C)O)C3CC3)c(C)nn2-c2ccccc2)cc1. The van der Waals surface area contributed by atoms with Gasteiger partial charge in [0.2, 0.25) is 5.88 Å². The van der Waals surface area contributed by atoms with E-state index in [1.807, 2.05) is 61.0 Å². The van der Waals surface area contributed by atoms with Crippen LogP contribution in [0.3, 0.4) is 0 Å². The number of ether oxygens (including phenoxy) is 1. The number of aliphatic hydroxyl groups excluding tert-OH is 1. The van der Waals surface area contributed by atoms with Crippen LogP contribution >= 0.6 is 0 Å². The van der Waals surface area contributed by atoms with Crippen LogP contribution in [-0.4, -0.2) is 38.5 Å². The van der Waals surface area contributed by atoms with Crippen molar-refractivity contribution in [2.75, 3.05) is 6.54 Å². The van der Waals surface area contributed by atoms with Gasteiger partial charge in [-0.05, 0) is 57.9 Å². The molecule has 0 saturated heterocycles. The molecule has 5 nitrogen and oxygen atoms in total. The number of benzene rings is 2. The number of hydrogen-bond acceptors (Lipinski definition) is 4. The molecule has 4 rings (SSSR count). The lowest BCUT2D eigenvalue weighted by molar-refractivity contribution is 0.117. The van der Waals surface area contributed by atoms with Gasteiger partial charge in [0, 0.05) is 19.1 Å². The number of rotatable bonds is 8. The standard InChI is InChI=1S/C24H29N3O2/c1-17-9-13-22(14-10-17)29-24-23(16-26(15-18(2)28)20-11-12-20)19(3)25-27(24)21-7-5-4-6-8-21/h4-10,13-14,18,20,28H,11-12,15-16H2,1-3H3/t18-/m1/s1. The summed E-state index contributed by atoms with van der Waals surface area (Å²) in [6.45, 7) is 7.32. The van der Waals surface area contributed by atoms with Gasteiger partial charge in [0.05, 0.1) is 23.0 Å². The van der Waals surface area contributed by atoms with Gasteiger partial charge >= 0.3 is 0 Å². The largest absolute Gasteiger partial charge is 0.439 e. The van der Waals surface area contributed by atoms with Crippen molar-refractivity contribution >= 4 is 0 Å². The topological polar surface area (TPSA) is 50.5 Å². The highest BCUT2D eigenvalue weighted by Crippen LogP contribution is 2.35. The van der Waals surface area contributed by atoms with Crippen molar-refractivity contribution in [2.45, 2.75) is 52.3 Å². The van der Waals surface area contributed by atoms with Crippen molar-refractivity contribution in [3.8, 4) is 17.3 Å². The Balaban J connectivity index is 1.73. The van der Waals surface area contributed by atoms with Gasteiger partial charge in [-0.25, -0.2) is 4.68 Å². The number of aliphatic hydroxyl groups is 1. The molecule has 0 aliphatic heterocycles. The first-order valence-electron chi connectivity index (χ1n) is 10.3. The summed E-state index contributed by atoms with van der Waals surface area (Å²) >= 11 is 0. The molecule has 1 fully saturated rings. The molecule has 5 heteroatoms. The van der Waals surface area contributed by atoms with E-state index in [2.05, 4.69) is 24.0 Å². The molecule has 29 heavy (non-hydrogen) atoms. The molecule has 0 amide bonds. The van der Waals surface area contributed by atoms with Crippen molar-refractivity contribution in [1.29, 1.82) is 0 Å². The summed E-state index contributed by atoms with van der Waals surface area (Å²) in [6.07, 6.45) is 2.01. The summed E-state index contributed by atoms with van der Waals surface area (Å²) in [6, 6.07) is 18.7. The fourth-order valence-electron chi connectivity index (χ4n) is 3.61. The molecule has 152 valence electrons. The molecule has 1 aromatic heterocycles. The third-order valence-corrected chi connectivity index (χ3v) is 5.30. The van der Waals surface area contributed by atoms with E-state index < -0.39 is 0 Å². The van der Waals surface area contributed by atoms with E-state index in [-0.39, 0.29) is 6.10 Å². The first-order valence-corrected chi connectivity index (χ1v) is 10.3. The first kappa shape index (κ1) is 19.7. The fraction of sp³-hybridized carbons (Fsp3) is 0.375. The van der Waals surface area contributed by atoms with Gasteiger partial charge in [0.15, 0.2) is 0 Å². The average Bonchev–Trinajstić information content (AvgIpc) is 3.51. The summed E-state index contributed by atoms with van der Waals surface area (Å²) in [7, 11) is 0. The molecule has 0 spiro atoms. The van der Waals surface area contributed by atoms with E-state index in [0.717, 1.165) is 35.1 Å². The Kier molecular flexibility index (Phi) is 5.69. The second-order valence-corrected chi connectivity index (χ2v) is 8.04. The third-order valence-electron chi connectivity index (χ3n) is 5.30. The molecule has 1 aliphatic carbocycles. The van der Waals surface area contributed by atoms with Gasteiger partial charge in [-0.1, -0.05) is 35.9 Å². The lowest BCUT2D eigenvalue weighted by Gasteiger charge is -2.24. The Morgan fingerprint density at radius 3 is 2.41 bits per heavy atom. The van der Waals surface area contributed by atoms with Crippen LogP contribution in [0.2, 0.25) is 0 Å². The van der Waals surface area contributed by atoms with E-state index in [1.165, 1.54) is 18.4 Å². The lowest BCUT2D eigenvalue weighted by atomic mass is 10.2. The monoisotopic (exact) mass is 391 g/mol. The number of para-hydroxylation sites is 1. The van der Waals surface area contributed by atoms with Crippen molar-refractivity contribution in [2.24, 2.45) is 0 Å². The van der Waals surface area contributed by atoms with E-state index in [0.29, 0.717) is 12.6 Å². The molecule has 0 bridgehead atoms. The predicted molar refractivity (Wildman–Crippen MR) is 115 cm³/mol. The summed E-state index contributed by atoms with van der Waals surface area (Å²) in [5.41, 5.74) is 4.19. The molecular weight excluding hydrogens is 362 g/mol. The maximum atomic E-state index is 9.97. The second-order valence-electron chi connectivity index (χ2n) is 8.04. The minimum atomic E-state index is -0.360. The minimum Gasteiger partial charge on any atom is -0.439 e. The number of aryl methyl sites for hydroxylation is 2. The molecule has 2 aromatic carbocycles. The van der Waals surface area contributed by atoms with Gasteiger partial charge in [-0.3, -0.25) is 4.90 Å². The van der Waals surface area contributed by atoms with Crippen LogP contribution in [0.5, 0.6) is 11.6 Å². The second kappa shape index (κ2) is 8.39. The predicted octanol–water partition coefficient (Wildman–Crippen LogP) is 4.63. The van der Waals surface area contributed by atoms with Crippen LogP contribution in [0, 0.1) is 13.8 Å². The van der Waals surface area contributed by atoms with E-state index in [9.17, 15) is 5.11 Å². The highest BCUT2D eigenvalue weighted by molar-refractivity contribution is 5.43. The van der Waals surface area contributed by atoms with Gasteiger partial charge in [-0.15, -0.1) is 0 Å². The summed E-state index contributed by atoms with van der Waals surface area (Å²) in [4.78, 5) is 2.35. The fourth-order valence-corrected chi connectivity index (χ4v) is 3.61. The van der Waals surface area contributed by atoms with E-state index in [4.69, 9.17) is 9.84 Å². The molecular formula is C24H29N3O2. The Hall–Kier alpha value is -2.63.